The molecule has 0 spiro atoms. The van der Waals surface area contributed by atoms with E-state index >= 15 is 0 Å². The Balaban J connectivity index is 1.98. The molecule has 0 aliphatic carbocycles. The molecule has 3 heteroatoms. The van der Waals surface area contributed by atoms with Crippen molar-refractivity contribution in [2.75, 3.05) is 0 Å². The van der Waals surface area contributed by atoms with Gasteiger partial charge in [0.25, 0.3) is 0 Å². The van der Waals surface area contributed by atoms with Gasteiger partial charge in [0.05, 0.1) is 11.6 Å². The first kappa shape index (κ1) is 11.5. The highest BCUT2D eigenvalue weighted by molar-refractivity contribution is 6.30. The second-order valence-corrected chi connectivity index (χ2v) is 3.99. The Bertz CT molecular complexity index is 526. The lowest BCUT2D eigenvalue weighted by atomic mass is 10.2. The highest BCUT2D eigenvalue weighted by Crippen LogP contribution is 2.15. The maximum atomic E-state index is 8.66. The Morgan fingerprint density at radius 2 is 1.65 bits per heavy atom. The molecule has 0 atom stereocenters. The molecular weight excluding hydrogens is 234 g/mol. The van der Waals surface area contributed by atoms with Crippen LogP contribution in [0.4, 0.5) is 0 Å². The number of ether oxygens (including phenoxy) is 1. The van der Waals surface area contributed by atoms with Gasteiger partial charge >= 0.3 is 0 Å². The first-order valence-electron chi connectivity index (χ1n) is 5.15. The Labute approximate surface area is 105 Å². The lowest BCUT2D eigenvalue weighted by Crippen LogP contribution is -1.94. The van der Waals surface area contributed by atoms with E-state index in [0.29, 0.717) is 17.2 Å². The molecule has 0 amide bonds. The molecule has 0 saturated carbocycles. The summed E-state index contributed by atoms with van der Waals surface area (Å²) in [6.07, 6.45) is 0. The van der Waals surface area contributed by atoms with Crippen molar-refractivity contribution in [2.45, 2.75) is 6.61 Å². The molecule has 0 fully saturated rings. The molecule has 0 bridgehead atoms. The molecule has 0 aliphatic rings. The number of nitrogens with zero attached hydrogens (tertiary/aromatic N) is 1. The summed E-state index contributed by atoms with van der Waals surface area (Å²) in [6.45, 7) is 0.489. The van der Waals surface area contributed by atoms with Crippen molar-refractivity contribution < 1.29 is 4.74 Å². The SMILES string of the molecule is N#Cc1ccc(OCc2ccc(Cl)cc2)cc1. The third kappa shape index (κ3) is 3.24. The van der Waals surface area contributed by atoms with Crippen LogP contribution in [0.3, 0.4) is 0 Å². The molecule has 2 nitrogen and oxygen atoms in total. The highest BCUT2D eigenvalue weighted by Gasteiger charge is 1.96. The lowest BCUT2D eigenvalue weighted by Gasteiger charge is -2.06. The number of halogens is 1. The predicted octanol–water partition coefficient (Wildman–Crippen LogP) is 3.79. The Hall–Kier alpha value is -1.98. The molecule has 0 saturated heterocycles. The Kier molecular flexibility index (Phi) is 3.64. The van der Waals surface area contributed by atoms with Crippen molar-refractivity contribution in [1.82, 2.24) is 0 Å². The van der Waals surface area contributed by atoms with Gasteiger partial charge < -0.3 is 4.74 Å². The van der Waals surface area contributed by atoms with Crippen LogP contribution >= 0.6 is 11.6 Å². The van der Waals surface area contributed by atoms with Gasteiger partial charge in [0.1, 0.15) is 12.4 Å². The molecule has 2 aromatic carbocycles. The predicted molar refractivity (Wildman–Crippen MR) is 66.9 cm³/mol. The van der Waals surface area contributed by atoms with Crippen molar-refractivity contribution in [3.63, 3.8) is 0 Å². The van der Waals surface area contributed by atoms with E-state index in [4.69, 9.17) is 21.6 Å². The van der Waals surface area contributed by atoms with E-state index in [2.05, 4.69) is 6.07 Å². The van der Waals surface area contributed by atoms with Crippen LogP contribution in [-0.2, 0) is 6.61 Å². The molecular formula is C14H10ClNO. The van der Waals surface area contributed by atoms with E-state index in [1.54, 1.807) is 24.3 Å². The minimum atomic E-state index is 0.489. The summed E-state index contributed by atoms with van der Waals surface area (Å²) >= 11 is 5.79. The fourth-order valence-electron chi connectivity index (χ4n) is 1.37. The van der Waals surface area contributed by atoms with Gasteiger partial charge in [-0.2, -0.15) is 5.26 Å². The van der Waals surface area contributed by atoms with Gasteiger partial charge in [0.15, 0.2) is 0 Å². The second-order valence-electron chi connectivity index (χ2n) is 3.55. The van der Waals surface area contributed by atoms with Crippen LogP contribution in [0.2, 0.25) is 5.02 Å². The zero-order chi connectivity index (χ0) is 12.1. The molecule has 2 aromatic rings. The van der Waals surface area contributed by atoms with Gasteiger partial charge in [-0.3, -0.25) is 0 Å². The van der Waals surface area contributed by atoms with Crippen LogP contribution in [0, 0.1) is 11.3 Å². The third-order valence-corrected chi connectivity index (χ3v) is 2.55. The average Bonchev–Trinajstić information content (AvgIpc) is 2.39. The van der Waals surface area contributed by atoms with Crippen LogP contribution < -0.4 is 4.74 Å². The van der Waals surface area contributed by atoms with Crippen molar-refractivity contribution in [3.8, 4) is 11.8 Å². The largest absolute Gasteiger partial charge is 0.489 e. The van der Waals surface area contributed by atoms with Gasteiger partial charge in [0.2, 0.25) is 0 Å². The first-order chi connectivity index (χ1) is 8.28. The van der Waals surface area contributed by atoms with Crippen molar-refractivity contribution >= 4 is 11.6 Å². The van der Waals surface area contributed by atoms with E-state index in [1.165, 1.54) is 0 Å². The quantitative estimate of drug-likeness (QED) is 0.822. The van der Waals surface area contributed by atoms with E-state index in [0.717, 1.165) is 11.3 Å². The standard InChI is InChI=1S/C14H10ClNO/c15-13-5-1-12(2-6-13)10-17-14-7-3-11(9-16)4-8-14/h1-8H,10H2. The van der Waals surface area contributed by atoms with Gasteiger partial charge in [0, 0.05) is 5.02 Å². The topological polar surface area (TPSA) is 33.0 Å². The maximum absolute atomic E-state index is 8.66. The summed E-state index contributed by atoms with van der Waals surface area (Å²) in [5.74, 6) is 0.749. The summed E-state index contributed by atoms with van der Waals surface area (Å²) in [7, 11) is 0. The summed E-state index contributed by atoms with van der Waals surface area (Å²) < 4.78 is 5.58. The molecule has 0 heterocycles. The van der Waals surface area contributed by atoms with Crippen molar-refractivity contribution in [3.05, 3.63) is 64.7 Å². The van der Waals surface area contributed by atoms with Crippen molar-refractivity contribution in [1.29, 1.82) is 5.26 Å². The molecule has 0 aromatic heterocycles. The summed E-state index contributed by atoms with van der Waals surface area (Å²) in [4.78, 5) is 0. The molecule has 0 aliphatic heterocycles. The van der Waals surface area contributed by atoms with E-state index in [9.17, 15) is 0 Å². The summed E-state index contributed by atoms with van der Waals surface area (Å²) in [5.41, 5.74) is 1.68. The number of nitriles is 1. The Morgan fingerprint density at radius 1 is 1.00 bits per heavy atom. The summed E-state index contributed by atoms with van der Waals surface area (Å²) in [5, 5.41) is 9.37. The third-order valence-electron chi connectivity index (χ3n) is 2.30. The number of hydrogen-bond acceptors (Lipinski definition) is 2. The normalized spacial score (nSPS) is 9.65. The van der Waals surface area contributed by atoms with Gasteiger partial charge in [-0.1, -0.05) is 23.7 Å². The summed E-state index contributed by atoms with van der Waals surface area (Å²) in [6, 6.07) is 16.6. The van der Waals surface area contributed by atoms with Crippen LogP contribution in [0.15, 0.2) is 48.5 Å². The minimum Gasteiger partial charge on any atom is -0.489 e. The highest BCUT2D eigenvalue weighted by atomic mass is 35.5. The smallest absolute Gasteiger partial charge is 0.119 e. The lowest BCUT2D eigenvalue weighted by molar-refractivity contribution is 0.306. The molecule has 17 heavy (non-hydrogen) atoms. The second kappa shape index (κ2) is 5.38. The van der Waals surface area contributed by atoms with Gasteiger partial charge in [-0.15, -0.1) is 0 Å². The average molecular weight is 244 g/mol. The maximum Gasteiger partial charge on any atom is 0.119 e. The van der Waals surface area contributed by atoms with Crippen LogP contribution in [0.25, 0.3) is 0 Å². The molecule has 2 rings (SSSR count). The van der Waals surface area contributed by atoms with Gasteiger partial charge in [-0.25, -0.2) is 0 Å². The van der Waals surface area contributed by atoms with Gasteiger partial charge in [-0.05, 0) is 42.0 Å². The monoisotopic (exact) mass is 243 g/mol. The van der Waals surface area contributed by atoms with E-state index in [-0.39, 0.29) is 0 Å². The Morgan fingerprint density at radius 3 is 2.24 bits per heavy atom. The number of rotatable bonds is 3. The van der Waals surface area contributed by atoms with Crippen LogP contribution in [-0.4, -0.2) is 0 Å². The molecule has 0 N–H and O–H groups in total. The molecule has 0 unspecified atom stereocenters. The van der Waals surface area contributed by atoms with Crippen molar-refractivity contribution in [2.24, 2.45) is 0 Å². The zero-order valence-electron chi connectivity index (χ0n) is 9.06. The van der Waals surface area contributed by atoms with E-state index in [1.807, 2.05) is 24.3 Å². The zero-order valence-corrected chi connectivity index (χ0v) is 9.82. The first-order valence-corrected chi connectivity index (χ1v) is 5.53. The fraction of sp³-hybridized carbons (Fsp3) is 0.0714. The number of hydrogen-bond donors (Lipinski definition) is 0. The fourth-order valence-corrected chi connectivity index (χ4v) is 1.50. The molecule has 84 valence electrons. The van der Waals surface area contributed by atoms with Crippen LogP contribution in [0.1, 0.15) is 11.1 Å². The number of benzene rings is 2. The molecule has 0 radical (unpaired) electrons. The minimum absolute atomic E-state index is 0.489. The van der Waals surface area contributed by atoms with Crippen LogP contribution in [0.5, 0.6) is 5.75 Å². The van der Waals surface area contributed by atoms with E-state index < -0.39 is 0 Å².